The molecule has 0 spiro atoms. The van der Waals surface area contributed by atoms with E-state index in [0.29, 0.717) is 16.5 Å². The van der Waals surface area contributed by atoms with Gasteiger partial charge in [0, 0.05) is 11.1 Å². The first-order chi connectivity index (χ1) is 12.7. The smallest absolute Gasteiger partial charge is 0.311 e. The maximum absolute atomic E-state index is 13.4. The fourth-order valence-electron chi connectivity index (χ4n) is 3.06. The molecule has 1 atom stereocenters. The van der Waals surface area contributed by atoms with Crippen molar-refractivity contribution in [2.24, 2.45) is 0 Å². The minimum Gasteiger partial charge on any atom is -0.466 e. The molecule has 8 heteroatoms. The molecule has 2 aromatic carbocycles. The third-order valence-corrected chi connectivity index (χ3v) is 6.40. The van der Waals surface area contributed by atoms with Gasteiger partial charge in [0.05, 0.1) is 17.2 Å². The highest BCUT2D eigenvalue weighted by atomic mass is 35.5. The molecule has 1 aliphatic rings. The number of halogens is 1. The zero-order chi connectivity index (χ0) is 19.8. The number of hydrogen-bond acceptors (Lipinski definition) is 5. The molecule has 0 saturated carbocycles. The number of aryl methyl sites for hydroxylation is 1. The quantitative estimate of drug-likeness (QED) is 0.700. The summed E-state index contributed by atoms with van der Waals surface area (Å²) in [5.41, 5.74) is -0.205. The molecule has 0 amide bonds. The van der Waals surface area contributed by atoms with Crippen LogP contribution >= 0.6 is 11.6 Å². The number of esters is 1. The molecule has 0 saturated heterocycles. The fraction of sp³-hybridized carbons (Fsp3) is 0.316. The molecule has 0 aromatic heterocycles. The van der Waals surface area contributed by atoms with Crippen LogP contribution in [0.1, 0.15) is 25.8 Å². The van der Waals surface area contributed by atoms with E-state index < -0.39 is 21.7 Å². The normalized spacial score (nSPS) is 18.7. The first-order valence-corrected chi connectivity index (χ1v) is 10.3. The summed E-state index contributed by atoms with van der Waals surface area (Å²) in [5.74, 6) is -0.256. The summed E-state index contributed by atoms with van der Waals surface area (Å²) in [7, 11) is -3.99. The van der Waals surface area contributed by atoms with Crippen molar-refractivity contribution in [3.05, 3.63) is 53.1 Å². The van der Waals surface area contributed by atoms with Gasteiger partial charge in [0.25, 0.3) is 10.0 Å². The Bertz CT molecular complexity index is 974. The van der Waals surface area contributed by atoms with Gasteiger partial charge in [-0.1, -0.05) is 29.3 Å². The Morgan fingerprint density at radius 3 is 2.52 bits per heavy atom. The highest BCUT2D eigenvalue weighted by Gasteiger charge is 2.50. The summed E-state index contributed by atoms with van der Waals surface area (Å²) < 4.78 is 38.9. The van der Waals surface area contributed by atoms with Crippen LogP contribution in [0.2, 0.25) is 5.02 Å². The van der Waals surface area contributed by atoms with E-state index in [-0.39, 0.29) is 17.9 Å². The topological polar surface area (TPSA) is 72.9 Å². The molecule has 1 unspecified atom stereocenters. The number of rotatable bonds is 5. The molecule has 0 aliphatic carbocycles. The Kier molecular flexibility index (Phi) is 5.10. The number of benzene rings is 2. The molecular weight excluding hydrogens is 390 g/mol. The number of carbonyl (C=O) groups excluding carboxylic acids is 1. The van der Waals surface area contributed by atoms with Crippen LogP contribution in [0.25, 0.3) is 0 Å². The van der Waals surface area contributed by atoms with Gasteiger partial charge in [-0.3, -0.25) is 4.79 Å². The van der Waals surface area contributed by atoms with Gasteiger partial charge in [-0.15, -0.1) is 0 Å². The van der Waals surface area contributed by atoms with Gasteiger partial charge in [0.15, 0.2) is 0 Å². The van der Waals surface area contributed by atoms with Crippen LogP contribution in [0.3, 0.4) is 0 Å². The Labute approximate surface area is 163 Å². The van der Waals surface area contributed by atoms with E-state index in [1.807, 2.05) is 6.92 Å². The van der Waals surface area contributed by atoms with Gasteiger partial charge in [-0.05, 0) is 45.0 Å². The molecule has 3 rings (SSSR count). The van der Waals surface area contributed by atoms with Crippen molar-refractivity contribution in [2.75, 3.05) is 10.9 Å². The molecule has 0 fully saturated rings. The van der Waals surface area contributed by atoms with Gasteiger partial charge in [-0.25, -0.2) is 12.7 Å². The maximum Gasteiger partial charge on any atom is 0.311 e. The molecule has 1 heterocycles. The van der Waals surface area contributed by atoms with Gasteiger partial charge >= 0.3 is 5.97 Å². The maximum atomic E-state index is 13.4. The van der Waals surface area contributed by atoms with Crippen LogP contribution in [0.4, 0.5) is 5.69 Å². The molecule has 144 valence electrons. The molecule has 27 heavy (non-hydrogen) atoms. The fourth-order valence-corrected chi connectivity index (χ4v) is 4.93. The number of fused-ring (bicyclic) bond motifs is 1. The van der Waals surface area contributed by atoms with Crippen molar-refractivity contribution in [1.29, 1.82) is 0 Å². The highest BCUT2D eigenvalue weighted by Crippen LogP contribution is 2.47. The van der Waals surface area contributed by atoms with E-state index in [2.05, 4.69) is 0 Å². The lowest BCUT2D eigenvalue weighted by atomic mass is 10.2. The molecule has 0 bridgehead atoms. The predicted molar refractivity (Wildman–Crippen MR) is 103 cm³/mol. The molecule has 6 nitrogen and oxygen atoms in total. The summed E-state index contributed by atoms with van der Waals surface area (Å²) in [4.78, 5) is 12.2. The van der Waals surface area contributed by atoms with Gasteiger partial charge in [-0.2, -0.15) is 0 Å². The second kappa shape index (κ2) is 7.05. The van der Waals surface area contributed by atoms with Crippen molar-refractivity contribution in [1.82, 2.24) is 0 Å². The van der Waals surface area contributed by atoms with Gasteiger partial charge in [0.1, 0.15) is 12.2 Å². The Morgan fingerprint density at radius 1 is 1.22 bits per heavy atom. The van der Waals surface area contributed by atoms with Crippen molar-refractivity contribution < 1.29 is 22.7 Å². The lowest BCUT2D eigenvalue weighted by Crippen LogP contribution is -2.51. The minimum absolute atomic E-state index is 0.106. The summed E-state index contributed by atoms with van der Waals surface area (Å²) in [6.45, 7) is 5.30. The first-order valence-electron chi connectivity index (χ1n) is 8.44. The van der Waals surface area contributed by atoms with Crippen LogP contribution in [0, 0.1) is 6.92 Å². The third kappa shape index (κ3) is 3.61. The van der Waals surface area contributed by atoms with Crippen LogP contribution in [-0.4, -0.2) is 26.7 Å². The summed E-state index contributed by atoms with van der Waals surface area (Å²) >= 11 is 6.03. The molecule has 1 aliphatic heterocycles. The monoisotopic (exact) mass is 409 g/mol. The van der Waals surface area contributed by atoms with Crippen molar-refractivity contribution in [3.8, 4) is 5.75 Å². The molecular formula is C19H20ClNO5S. The van der Waals surface area contributed by atoms with Crippen molar-refractivity contribution in [3.63, 3.8) is 0 Å². The van der Waals surface area contributed by atoms with Crippen LogP contribution in [-0.2, 0) is 19.6 Å². The average Bonchev–Trinajstić information content (AvgIpc) is 2.86. The van der Waals surface area contributed by atoms with E-state index in [1.54, 1.807) is 38.1 Å². The van der Waals surface area contributed by atoms with Crippen LogP contribution in [0.15, 0.2) is 47.4 Å². The largest absolute Gasteiger partial charge is 0.466 e. The van der Waals surface area contributed by atoms with Crippen LogP contribution < -0.4 is 9.04 Å². The molecule has 0 radical (unpaired) electrons. The van der Waals surface area contributed by atoms with Crippen molar-refractivity contribution >= 4 is 33.3 Å². The zero-order valence-corrected chi connectivity index (χ0v) is 16.8. The van der Waals surface area contributed by atoms with E-state index in [0.717, 1.165) is 9.87 Å². The Hall–Kier alpha value is -2.25. The number of carbonyl (C=O) groups is 1. The van der Waals surface area contributed by atoms with Crippen LogP contribution in [0.5, 0.6) is 5.75 Å². The second-order valence-corrected chi connectivity index (χ2v) is 8.68. The number of anilines is 1. The van der Waals surface area contributed by atoms with E-state index in [9.17, 15) is 13.2 Å². The number of ether oxygens (including phenoxy) is 2. The second-order valence-electron chi connectivity index (χ2n) is 6.45. The standard InChI is InChI=1S/C19H20ClNO5S/c1-4-25-18(22)12-19(3)21(16-10-7-14(20)11-17(16)26-19)27(23,24)15-8-5-13(2)6-9-15/h5-11H,4,12H2,1-3H3. The van der Waals surface area contributed by atoms with E-state index >= 15 is 0 Å². The van der Waals surface area contributed by atoms with Gasteiger partial charge in [0.2, 0.25) is 5.72 Å². The highest BCUT2D eigenvalue weighted by molar-refractivity contribution is 7.93. The third-order valence-electron chi connectivity index (χ3n) is 4.24. The zero-order valence-electron chi connectivity index (χ0n) is 15.2. The predicted octanol–water partition coefficient (Wildman–Crippen LogP) is 3.91. The van der Waals surface area contributed by atoms with E-state index in [4.69, 9.17) is 21.1 Å². The molecule has 0 N–H and O–H groups in total. The summed E-state index contributed by atoms with van der Waals surface area (Å²) in [6, 6.07) is 11.2. The Balaban J connectivity index is 2.12. The van der Waals surface area contributed by atoms with Gasteiger partial charge < -0.3 is 9.47 Å². The molecule has 2 aromatic rings. The Morgan fingerprint density at radius 2 is 1.89 bits per heavy atom. The average molecular weight is 410 g/mol. The number of nitrogens with zero attached hydrogens (tertiary/aromatic N) is 1. The summed E-state index contributed by atoms with van der Waals surface area (Å²) in [6.07, 6.45) is -0.266. The van der Waals surface area contributed by atoms with E-state index in [1.165, 1.54) is 18.2 Å². The van der Waals surface area contributed by atoms with Crippen molar-refractivity contribution in [2.45, 2.75) is 37.8 Å². The lowest BCUT2D eigenvalue weighted by Gasteiger charge is -2.33. The summed E-state index contributed by atoms with van der Waals surface area (Å²) in [5, 5.41) is 0.404. The SMILES string of the molecule is CCOC(=O)CC1(C)Oc2cc(Cl)ccc2N1S(=O)(=O)c1ccc(C)cc1. The number of hydrogen-bond donors (Lipinski definition) is 0. The minimum atomic E-state index is -3.99. The number of sulfonamides is 1. The first kappa shape index (κ1) is 19.5. The lowest BCUT2D eigenvalue weighted by molar-refractivity contribution is -0.146.